The molecule has 1 aromatic rings. The van der Waals surface area contributed by atoms with Gasteiger partial charge in [0.15, 0.2) is 0 Å². The molecule has 108 valence electrons. The number of amides is 2. The van der Waals surface area contributed by atoms with E-state index in [0.717, 1.165) is 0 Å². The second-order valence-electron chi connectivity index (χ2n) is 4.63. The van der Waals surface area contributed by atoms with Crippen LogP contribution in [-0.2, 0) is 16.1 Å². The number of pyridine rings is 1. The van der Waals surface area contributed by atoms with Crippen LogP contribution in [0.3, 0.4) is 0 Å². The van der Waals surface area contributed by atoms with Gasteiger partial charge in [0.05, 0.1) is 12.2 Å². The Bertz CT molecular complexity index is 472. The van der Waals surface area contributed by atoms with Crippen LogP contribution >= 0.6 is 0 Å². The fraction of sp³-hybridized carbons (Fsp3) is 0.462. The van der Waals surface area contributed by atoms with Crippen molar-refractivity contribution in [1.29, 1.82) is 0 Å². The molecule has 20 heavy (non-hydrogen) atoms. The number of ether oxygens (including phenoxy) is 1. The molecule has 7 heteroatoms. The number of nitrogens with zero attached hydrogens (tertiary/aromatic N) is 1. The van der Waals surface area contributed by atoms with Gasteiger partial charge in [0.25, 0.3) is 0 Å². The minimum absolute atomic E-state index is 0.249. The van der Waals surface area contributed by atoms with E-state index in [1.165, 1.54) is 0 Å². The molecule has 1 aliphatic heterocycles. The van der Waals surface area contributed by atoms with E-state index in [1.54, 1.807) is 18.3 Å². The number of urea groups is 1. The summed E-state index contributed by atoms with van der Waals surface area (Å²) in [6.07, 6.45) is 2.16. The lowest BCUT2D eigenvalue weighted by molar-refractivity contribution is -0.148. The molecule has 2 amide bonds. The fourth-order valence-corrected chi connectivity index (χ4v) is 2.05. The Morgan fingerprint density at radius 3 is 2.70 bits per heavy atom. The summed E-state index contributed by atoms with van der Waals surface area (Å²) in [6.45, 7) is 0.901. The number of aliphatic carboxylic acids is 1. The van der Waals surface area contributed by atoms with Gasteiger partial charge >= 0.3 is 12.0 Å². The second-order valence-corrected chi connectivity index (χ2v) is 4.63. The van der Waals surface area contributed by atoms with Crippen molar-refractivity contribution in [2.24, 2.45) is 0 Å². The SMILES string of the molecule is O=C(NCc1ccccn1)NC1(C(=O)O)CCOCC1. The molecule has 1 saturated heterocycles. The topological polar surface area (TPSA) is 101 Å². The Labute approximate surface area is 116 Å². The number of hydrogen-bond acceptors (Lipinski definition) is 4. The van der Waals surface area contributed by atoms with Crippen LogP contribution in [0.2, 0.25) is 0 Å². The zero-order valence-electron chi connectivity index (χ0n) is 11.0. The first-order valence-corrected chi connectivity index (χ1v) is 6.39. The van der Waals surface area contributed by atoms with E-state index in [1.807, 2.05) is 6.07 Å². The third-order valence-corrected chi connectivity index (χ3v) is 3.26. The zero-order chi connectivity index (χ0) is 14.4. The molecule has 0 radical (unpaired) electrons. The summed E-state index contributed by atoms with van der Waals surface area (Å²) in [6, 6.07) is 4.87. The molecule has 1 aliphatic rings. The molecule has 0 unspecified atom stereocenters. The molecule has 0 spiro atoms. The zero-order valence-corrected chi connectivity index (χ0v) is 11.0. The Morgan fingerprint density at radius 2 is 2.10 bits per heavy atom. The predicted octanol–water partition coefficient (Wildman–Crippen LogP) is 0.515. The van der Waals surface area contributed by atoms with Gasteiger partial charge in [-0.2, -0.15) is 0 Å². The van der Waals surface area contributed by atoms with Gasteiger partial charge in [-0.05, 0) is 12.1 Å². The summed E-state index contributed by atoms with van der Waals surface area (Å²) in [4.78, 5) is 27.3. The highest BCUT2D eigenvalue weighted by Crippen LogP contribution is 2.20. The van der Waals surface area contributed by atoms with Gasteiger partial charge < -0.3 is 20.5 Å². The van der Waals surface area contributed by atoms with Crippen molar-refractivity contribution in [2.75, 3.05) is 13.2 Å². The van der Waals surface area contributed by atoms with Gasteiger partial charge in [-0.25, -0.2) is 9.59 Å². The molecular formula is C13H17N3O4. The van der Waals surface area contributed by atoms with Crippen LogP contribution in [0.4, 0.5) is 4.79 Å². The van der Waals surface area contributed by atoms with Crippen LogP contribution in [0.15, 0.2) is 24.4 Å². The molecule has 7 nitrogen and oxygen atoms in total. The highest BCUT2D eigenvalue weighted by Gasteiger charge is 2.41. The van der Waals surface area contributed by atoms with E-state index in [0.29, 0.717) is 18.9 Å². The molecule has 0 bridgehead atoms. The Balaban J connectivity index is 1.90. The highest BCUT2D eigenvalue weighted by atomic mass is 16.5. The number of aromatic nitrogens is 1. The summed E-state index contributed by atoms with van der Waals surface area (Å²) in [5.41, 5.74) is -0.536. The maximum atomic E-state index is 11.8. The largest absolute Gasteiger partial charge is 0.480 e. The smallest absolute Gasteiger partial charge is 0.329 e. The van der Waals surface area contributed by atoms with Crippen LogP contribution in [0.5, 0.6) is 0 Å². The van der Waals surface area contributed by atoms with Gasteiger partial charge in [0.2, 0.25) is 0 Å². The van der Waals surface area contributed by atoms with Gasteiger partial charge in [-0.3, -0.25) is 4.98 Å². The first kappa shape index (κ1) is 14.3. The number of nitrogens with one attached hydrogen (secondary N) is 2. The van der Waals surface area contributed by atoms with Crippen LogP contribution in [0.1, 0.15) is 18.5 Å². The quantitative estimate of drug-likeness (QED) is 0.745. The molecule has 1 aromatic heterocycles. The van der Waals surface area contributed by atoms with Crippen LogP contribution < -0.4 is 10.6 Å². The van der Waals surface area contributed by atoms with Crippen molar-refractivity contribution in [3.8, 4) is 0 Å². The van der Waals surface area contributed by atoms with Crippen molar-refractivity contribution in [1.82, 2.24) is 15.6 Å². The first-order valence-electron chi connectivity index (χ1n) is 6.39. The van der Waals surface area contributed by atoms with Gasteiger partial charge in [0.1, 0.15) is 5.54 Å². The first-order chi connectivity index (χ1) is 9.62. The Kier molecular flexibility index (Phi) is 4.52. The second kappa shape index (κ2) is 6.33. The van der Waals surface area contributed by atoms with Crippen molar-refractivity contribution >= 4 is 12.0 Å². The van der Waals surface area contributed by atoms with Crippen molar-refractivity contribution in [2.45, 2.75) is 24.9 Å². The monoisotopic (exact) mass is 279 g/mol. The number of carboxylic acid groups (broad SMARTS) is 1. The summed E-state index contributed by atoms with van der Waals surface area (Å²) in [7, 11) is 0. The maximum absolute atomic E-state index is 11.8. The standard InChI is InChI=1S/C13H17N3O4/c17-11(18)13(4-7-20-8-5-13)16-12(19)15-9-10-3-1-2-6-14-10/h1-3,6H,4-5,7-9H2,(H,17,18)(H2,15,16,19). The molecule has 2 rings (SSSR count). The lowest BCUT2D eigenvalue weighted by atomic mass is 9.90. The van der Waals surface area contributed by atoms with E-state index in [9.17, 15) is 14.7 Å². The summed E-state index contributed by atoms with van der Waals surface area (Å²) in [5.74, 6) is -1.03. The van der Waals surface area contributed by atoms with Crippen LogP contribution in [-0.4, -0.2) is 40.8 Å². The van der Waals surface area contributed by atoms with E-state index in [-0.39, 0.29) is 19.4 Å². The normalized spacial score (nSPS) is 17.2. The Morgan fingerprint density at radius 1 is 1.35 bits per heavy atom. The van der Waals surface area contributed by atoms with Gasteiger partial charge in [0, 0.05) is 32.3 Å². The molecule has 1 fully saturated rings. The summed E-state index contributed by atoms with van der Waals surface area (Å²) in [5, 5.41) is 14.5. The number of carbonyl (C=O) groups excluding carboxylic acids is 1. The highest BCUT2D eigenvalue weighted by molar-refractivity contribution is 5.86. The predicted molar refractivity (Wildman–Crippen MR) is 70.0 cm³/mol. The minimum Gasteiger partial charge on any atom is -0.480 e. The lowest BCUT2D eigenvalue weighted by Gasteiger charge is -2.33. The van der Waals surface area contributed by atoms with E-state index in [4.69, 9.17) is 4.74 Å². The number of carbonyl (C=O) groups is 2. The summed E-state index contributed by atoms with van der Waals surface area (Å²) >= 11 is 0. The Hall–Kier alpha value is -2.15. The molecule has 0 atom stereocenters. The maximum Gasteiger partial charge on any atom is 0.329 e. The number of carboxylic acids is 1. The molecule has 2 heterocycles. The number of hydrogen-bond donors (Lipinski definition) is 3. The van der Waals surface area contributed by atoms with Crippen LogP contribution in [0, 0.1) is 0 Å². The van der Waals surface area contributed by atoms with E-state index >= 15 is 0 Å². The summed E-state index contributed by atoms with van der Waals surface area (Å²) < 4.78 is 5.14. The van der Waals surface area contributed by atoms with Crippen LogP contribution in [0.25, 0.3) is 0 Å². The lowest BCUT2D eigenvalue weighted by Crippen LogP contribution is -2.59. The molecular weight excluding hydrogens is 262 g/mol. The van der Waals surface area contributed by atoms with Gasteiger partial charge in [-0.15, -0.1) is 0 Å². The average molecular weight is 279 g/mol. The third kappa shape index (κ3) is 3.45. The molecule has 0 saturated carbocycles. The van der Waals surface area contributed by atoms with E-state index < -0.39 is 17.5 Å². The van der Waals surface area contributed by atoms with Crippen molar-refractivity contribution < 1.29 is 19.4 Å². The molecule has 0 aliphatic carbocycles. The van der Waals surface area contributed by atoms with E-state index in [2.05, 4.69) is 15.6 Å². The average Bonchev–Trinajstić information content (AvgIpc) is 2.47. The van der Waals surface area contributed by atoms with Crippen molar-refractivity contribution in [3.63, 3.8) is 0 Å². The fourth-order valence-electron chi connectivity index (χ4n) is 2.05. The minimum atomic E-state index is -1.24. The third-order valence-electron chi connectivity index (χ3n) is 3.26. The van der Waals surface area contributed by atoms with Crippen molar-refractivity contribution in [3.05, 3.63) is 30.1 Å². The number of rotatable bonds is 4. The molecule has 3 N–H and O–H groups in total. The molecule has 0 aromatic carbocycles. The van der Waals surface area contributed by atoms with Gasteiger partial charge in [-0.1, -0.05) is 6.07 Å².